The summed E-state index contributed by atoms with van der Waals surface area (Å²) < 4.78 is 14.7. The number of nitrogens with zero attached hydrogens (tertiary/aromatic N) is 2. The Balaban J connectivity index is 2.26. The molecule has 0 amide bonds. The van der Waals surface area contributed by atoms with Crippen LogP contribution in [0, 0.1) is 5.82 Å². The first-order valence-corrected chi connectivity index (χ1v) is 7.18. The molecule has 0 bridgehead atoms. The summed E-state index contributed by atoms with van der Waals surface area (Å²) >= 11 is 0. The minimum Gasteiger partial charge on any atom is -0.475 e. The third-order valence-corrected chi connectivity index (χ3v) is 3.48. The predicted molar refractivity (Wildman–Crippen MR) is 85.9 cm³/mol. The van der Waals surface area contributed by atoms with Gasteiger partial charge in [-0.2, -0.15) is 0 Å². The Kier molecular flexibility index (Phi) is 5.13. The molecule has 0 atom stereocenters. The normalized spacial score (nSPS) is 10.5. The predicted octanol–water partition coefficient (Wildman–Crippen LogP) is 1.97. The van der Waals surface area contributed by atoms with E-state index >= 15 is 0 Å². The highest BCUT2D eigenvalue weighted by Gasteiger charge is 2.22. The first-order valence-electron chi connectivity index (χ1n) is 7.18. The van der Waals surface area contributed by atoms with Crippen molar-refractivity contribution in [2.75, 3.05) is 19.0 Å². The van der Waals surface area contributed by atoms with Crippen molar-refractivity contribution in [3.63, 3.8) is 0 Å². The van der Waals surface area contributed by atoms with Crippen molar-refractivity contribution in [2.24, 2.45) is 0 Å². The number of aliphatic carboxylic acids is 1. The van der Waals surface area contributed by atoms with E-state index in [2.05, 4.69) is 0 Å². The lowest BCUT2D eigenvalue weighted by Gasteiger charge is -2.11. The van der Waals surface area contributed by atoms with Crippen LogP contribution in [0.4, 0.5) is 10.1 Å². The molecule has 7 heteroatoms. The summed E-state index contributed by atoms with van der Waals surface area (Å²) in [6, 6.07) is 5.98. The Morgan fingerprint density at radius 3 is 2.29 bits per heavy atom. The quantitative estimate of drug-likeness (QED) is 0.476. The number of Topliss-reactive ketones (excluding diaryl/α,β-unsaturated/α-hetero) is 2. The number of carbonyl (C=O) groups excluding carboxylic acids is 2. The lowest BCUT2D eigenvalue weighted by atomic mass is 10.1. The van der Waals surface area contributed by atoms with Crippen LogP contribution in [0.15, 0.2) is 36.7 Å². The van der Waals surface area contributed by atoms with Gasteiger partial charge in [-0.15, -0.1) is 0 Å². The summed E-state index contributed by atoms with van der Waals surface area (Å²) in [5, 5.41) is 8.63. The minimum atomic E-state index is -1.62. The summed E-state index contributed by atoms with van der Waals surface area (Å²) in [4.78, 5) is 35.8. The Hall–Kier alpha value is -2.96. The molecule has 24 heavy (non-hydrogen) atoms. The molecule has 2 rings (SSSR count). The maximum absolute atomic E-state index is 13.0. The molecule has 0 saturated carbocycles. The van der Waals surface area contributed by atoms with Gasteiger partial charge in [-0.1, -0.05) is 12.1 Å². The number of aromatic nitrogens is 1. The van der Waals surface area contributed by atoms with E-state index in [1.165, 1.54) is 12.1 Å². The highest BCUT2D eigenvalue weighted by atomic mass is 19.1. The second-order valence-corrected chi connectivity index (χ2v) is 5.58. The average Bonchev–Trinajstić information content (AvgIpc) is 2.93. The first kappa shape index (κ1) is 17.4. The maximum Gasteiger partial charge on any atom is 0.372 e. The van der Waals surface area contributed by atoms with Crippen molar-refractivity contribution in [2.45, 2.75) is 13.0 Å². The average molecular weight is 332 g/mol. The molecular formula is C17H17FN2O4. The van der Waals surface area contributed by atoms with Crippen LogP contribution in [0.1, 0.15) is 22.3 Å². The van der Waals surface area contributed by atoms with Crippen LogP contribution in [0.3, 0.4) is 0 Å². The van der Waals surface area contributed by atoms with Gasteiger partial charge in [-0.3, -0.25) is 9.59 Å². The van der Waals surface area contributed by atoms with Gasteiger partial charge in [0, 0.05) is 33.0 Å². The third-order valence-electron chi connectivity index (χ3n) is 3.48. The number of ketones is 2. The fourth-order valence-electron chi connectivity index (χ4n) is 2.28. The second-order valence-electron chi connectivity index (χ2n) is 5.58. The van der Waals surface area contributed by atoms with Gasteiger partial charge < -0.3 is 14.6 Å². The van der Waals surface area contributed by atoms with E-state index in [0.29, 0.717) is 12.2 Å². The summed E-state index contributed by atoms with van der Waals surface area (Å²) in [5.74, 6) is -3.65. The molecule has 0 unspecified atom stereocenters. The van der Waals surface area contributed by atoms with Crippen molar-refractivity contribution >= 4 is 23.2 Å². The number of halogens is 1. The van der Waals surface area contributed by atoms with Gasteiger partial charge >= 0.3 is 5.97 Å². The van der Waals surface area contributed by atoms with Crippen LogP contribution in [0.25, 0.3) is 0 Å². The summed E-state index contributed by atoms with van der Waals surface area (Å²) in [5.41, 5.74) is 1.70. The summed E-state index contributed by atoms with van der Waals surface area (Å²) in [6.07, 6.45) is 2.61. The van der Waals surface area contributed by atoms with Gasteiger partial charge in [-0.25, -0.2) is 9.18 Å². The molecule has 0 aliphatic rings. The number of rotatable bonds is 7. The molecule has 1 aromatic heterocycles. The number of hydrogen-bond acceptors (Lipinski definition) is 4. The van der Waals surface area contributed by atoms with E-state index in [1.807, 2.05) is 0 Å². The first-order chi connectivity index (χ1) is 11.3. The smallest absolute Gasteiger partial charge is 0.372 e. The summed E-state index contributed by atoms with van der Waals surface area (Å²) in [7, 11) is 3.49. The van der Waals surface area contributed by atoms with Gasteiger partial charge in [0.15, 0.2) is 5.78 Å². The minimum absolute atomic E-state index is 0.275. The van der Waals surface area contributed by atoms with Crippen LogP contribution in [0.2, 0.25) is 0 Å². The van der Waals surface area contributed by atoms with Gasteiger partial charge in [0.05, 0.1) is 17.7 Å². The highest BCUT2D eigenvalue weighted by Crippen LogP contribution is 2.22. The molecule has 126 valence electrons. The molecule has 0 saturated heterocycles. The van der Waals surface area contributed by atoms with Crippen LogP contribution < -0.4 is 4.90 Å². The lowest BCUT2D eigenvalue weighted by molar-refractivity contribution is -0.148. The van der Waals surface area contributed by atoms with E-state index in [-0.39, 0.29) is 11.4 Å². The monoisotopic (exact) mass is 332 g/mol. The van der Waals surface area contributed by atoms with Gasteiger partial charge in [-0.05, 0) is 17.7 Å². The van der Waals surface area contributed by atoms with E-state index in [4.69, 9.17) is 5.11 Å². The largest absolute Gasteiger partial charge is 0.475 e. The molecule has 0 fully saturated rings. The Morgan fingerprint density at radius 2 is 1.75 bits per heavy atom. The fraction of sp³-hybridized carbons (Fsp3) is 0.235. The molecule has 6 nitrogen and oxygen atoms in total. The standard InChI is InChI=1S/C17H17FN2O4/c1-19(2)14-10-20(8-11-3-5-12(18)6-4-11)9-13(14)15(21)7-16(22)17(23)24/h3-6,9-10H,7-8H2,1-2H3,(H,23,24). The Bertz CT molecular complexity index is 778. The number of carboxylic acid groups (broad SMARTS) is 1. The van der Waals surface area contributed by atoms with E-state index in [0.717, 1.165) is 5.56 Å². The van der Waals surface area contributed by atoms with E-state index < -0.39 is 24.0 Å². The SMILES string of the molecule is CN(C)c1cn(Cc2ccc(F)cc2)cc1C(=O)CC(=O)C(=O)O. The molecule has 1 aromatic carbocycles. The fourth-order valence-corrected chi connectivity index (χ4v) is 2.28. The van der Waals surface area contributed by atoms with Crippen molar-refractivity contribution in [1.82, 2.24) is 4.57 Å². The zero-order valence-corrected chi connectivity index (χ0v) is 13.3. The highest BCUT2D eigenvalue weighted by molar-refractivity contribution is 6.37. The van der Waals surface area contributed by atoms with E-state index in [9.17, 15) is 18.8 Å². The number of anilines is 1. The molecule has 0 aliphatic heterocycles. The number of carboxylic acids is 1. The third kappa shape index (κ3) is 4.07. The molecule has 2 aromatic rings. The Labute approximate surface area is 138 Å². The van der Waals surface area contributed by atoms with Crippen LogP contribution >= 0.6 is 0 Å². The van der Waals surface area contributed by atoms with Gasteiger partial charge in [0.25, 0.3) is 0 Å². The van der Waals surface area contributed by atoms with Crippen LogP contribution in [-0.4, -0.2) is 41.3 Å². The van der Waals surface area contributed by atoms with Crippen LogP contribution in [0.5, 0.6) is 0 Å². The molecular weight excluding hydrogens is 315 g/mol. The maximum atomic E-state index is 13.0. The zero-order valence-electron chi connectivity index (χ0n) is 13.3. The van der Waals surface area contributed by atoms with Crippen molar-refractivity contribution in [1.29, 1.82) is 0 Å². The van der Waals surface area contributed by atoms with Crippen molar-refractivity contribution in [3.8, 4) is 0 Å². The van der Waals surface area contributed by atoms with Gasteiger partial charge in [0.2, 0.25) is 5.78 Å². The Morgan fingerprint density at radius 1 is 1.12 bits per heavy atom. The lowest BCUT2D eigenvalue weighted by Crippen LogP contribution is -2.18. The number of benzene rings is 1. The second kappa shape index (κ2) is 7.08. The van der Waals surface area contributed by atoms with Crippen molar-refractivity contribution < 1.29 is 23.9 Å². The van der Waals surface area contributed by atoms with E-state index in [1.54, 1.807) is 48.1 Å². The molecule has 1 N–H and O–H groups in total. The zero-order chi connectivity index (χ0) is 17.9. The van der Waals surface area contributed by atoms with Crippen LogP contribution in [-0.2, 0) is 16.1 Å². The molecule has 0 radical (unpaired) electrons. The van der Waals surface area contributed by atoms with Crippen molar-refractivity contribution in [3.05, 3.63) is 53.6 Å². The molecule has 1 heterocycles. The topological polar surface area (TPSA) is 79.6 Å². The van der Waals surface area contributed by atoms with Gasteiger partial charge in [0.1, 0.15) is 5.82 Å². The number of carbonyl (C=O) groups is 3. The number of hydrogen-bond donors (Lipinski definition) is 1. The molecule has 0 spiro atoms. The summed E-state index contributed by atoms with van der Waals surface area (Å²) in [6.45, 7) is 0.418. The molecule has 0 aliphatic carbocycles.